The summed E-state index contributed by atoms with van der Waals surface area (Å²) in [6.07, 6.45) is 2.38. The van der Waals surface area contributed by atoms with E-state index in [0.717, 1.165) is 50.4 Å². The first-order valence-electron chi connectivity index (χ1n) is 12.7. The number of aryl methyl sites for hydroxylation is 1. The topological polar surface area (TPSA) is 108 Å². The van der Waals surface area contributed by atoms with Crippen molar-refractivity contribution in [2.75, 3.05) is 45.7 Å². The molecule has 1 fully saturated rings. The minimum atomic E-state index is -0.966. The molecular weight excluding hydrogens is 474 g/mol. The van der Waals surface area contributed by atoms with Crippen molar-refractivity contribution in [3.8, 4) is 0 Å². The highest BCUT2D eigenvalue weighted by Gasteiger charge is 2.09. The van der Waals surface area contributed by atoms with E-state index in [1.165, 1.54) is 18.4 Å². The molecule has 0 atom stereocenters. The lowest BCUT2D eigenvalue weighted by molar-refractivity contribution is 0.194. The molecule has 2 aromatic carbocycles. The number of aliphatic hydroxyl groups is 1. The number of hydrogen-bond acceptors (Lipinski definition) is 6. The monoisotopic (exact) mass is 523 g/mol. The van der Waals surface area contributed by atoms with Crippen LogP contribution in [0.3, 0.4) is 0 Å². The van der Waals surface area contributed by atoms with Crippen LogP contribution in [0.25, 0.3) is 0 Å². The zero-order chi connectivity index (χ0) is 27.6. The molecule has 206 valence electrons. The third-order valence-corrected chi connectivity index (χ3v) is 5.38. The molecule has 0 saturated carbocycles. The third-order valence-electron chi connectivity index (χ3n) is 4.31. The number of aliphatic hydroxyl groups excluding tert-OH is 1. The van der Waals surface area contributed by atoms with Gasteiger partial charge in [-0.2, -0.15) is 0 Å². The van der Waals surface area contributed by atoms with E-state index < -0.39 is 6.09 Å². The van der Waals surface area contributed by atoms with Gasteiger partial charge in [0.25, 0.3) is 0 Å². The number of nitrogens with zero attached hydrogens (tertiary/aromatic N) is 1. The minimum absolute atomic E-state index is 0.478. The van der Waals surface area contributed by atoms with Gasteiger partial charge in [0, 0.05) is 50.5 Å². The first kappa shape index (κ1) is 35.9. The minimum Gasteiger partial charge on any atom is -0.465 e. The Kier molecular flexibility index (Phi) is 25.7. The van der Waals surface area contributed by atoms with Crippen molar-refractivity contribution in [1.29, 1.82) is 0 Å². The van der Waals surface area contributed by atoms with E-state index in [4.69, 9.17) is 20.7 Å². The van der Waals surface area contributed by atoms with Crippen LogP contribution in [0.5, 0.6) is 0 Å². The average Bonchev–Trinajstić information content (AvgIpc) is 3.47. The number of carbonyl (C=O) groups is 1. The summed E-state index contributed by atoms with van der Waals surface area (Å²) < 4.78 is 7.21. The number of carboxylic acid groups (broad SMARTS) is 1. The maximum Gasteiger partial charge on any atom is 0.404 e. The van der Waals surface area contributed by atoms with Gasteiger partial charge in [0.1, 0.15) is 0 Å². The van der Waals surface area contributed by atoms with E-state index in [1.807, 2.05) is 56.3 Å². The van der Waals surface area contributed by atoms with Crippen molar-refractivity contribution in [3.05, 3.63) is 60.2 Å². The zero-order valence-electron chi connectivity index (χ0n) is 23.1. The molecule has 7 nitrogen and oxygen atoms in total. The molecule has 1 aliphatic heterocycles. The highest BCUT2D eigenvalue weighted by atomic mass is 32.2. The summed E-state index contributed by atoms with van der Waals surface area (Å²) in [5.74, 6) is 0.559. The lowest BCUT2D eigenvalue weighted by atomic mass is 10.2. The number of nitrogens with two attached hydrogens (primary N) is 1. The van der Waals surface area contributed by atoms with Crippen molar-refractivity contribution in [2.45, 2.75) is 58.8 Å². The van der Waals surface area contributed by atoms with Crippen LogP contribution in [0.1, 0.15) is 52.5 Å². The Balaban J connectivity index is 0. The summed E-state index contributed by atoms with van der Waals surface area (Å²) in [7, 11) is 1.00. The smallest absolute Gasteiger partial charge is 0.404 e. The van der Waals surface area contributed by atoms with Crippen LogP contribution in [0.4, 0.5) is 10.5 Å². The first-order valence-corrected chi connectivity index (χ1v) is 13.4. The van der Waals surface area contributed by atoms with Gasteiger partial charge < -0.3 is 26.0 Å². The van der Waals surface area contributed by atoms with Crippen LogP contribution in [-0.4, -0.2) is 60.6 Å². The molecule has 0 bridgehead atoms. The second kappa shape index (κ2) is 25.8. The Hall–Kier alpha value is -2.26. The Bertz CT molecular complexity index is 720. The molecule has 1 heterocycles. The number of nitrogens with one attached hydrogen (secondary N) is 1. The molecule has 0 unspecified atom stereocenters. The predicted octanol–water partition coefficient (Wildman–Crippen LogP) is 6.32. The molecular formula is C28H49N3O4S. The third kappa shape index (κ3) is 23.5. The highest BCUT2D eigenvalue weighted by Crippen LogP contribution is 2.24. The number of amides is 1. The van der Waals surface area contributed by atoms with Crippen molar-refractivity contribution < 1.29 is 19.7 Å². The second-order valence-electron chi connectivity index (χ2n) is 8.00. The molecule has 8 heteroatoms. The molecule has 1 aliphatic rings. The lowest BCUT2D eigenvalue weighted by Gasteiger charge is -2.23. The Morgan fingerprint density at radius 3 is 2.00 bits per heavy atom. The van der Waals surface area contributed by atoms with Gasteiger partial charge in [0.15, 0.2) is 0 Å². The SMILES string of the molecule is C1CCOC1.CC.CC(C)CN(CCCNC(=O)O)Sc1ccc(N)cc1.CO.Cc1ccccc1. The van der Waals surface area contributed by atoms with Gasteiger partial charge in [0.2, 0.25) is 0 Å². The summed E-state index contributed by atoms with van der Waals surface area (Å²) in [6, 6.07) is 18.0. The van der Waals surface area contributed by atoms with Gasteiger partial charge in [-0.1, -0.05) is 63.6 Å². The van der Waals surface area contributed by atoms with Crippen LogP contribution in [0.15, 0.2) is 59.5 Å². The second-order valence-corrected chi connectivity index (χ2v) is 9.17. The van der Waals surface area contributed by atoms with Gasteiger partial charge in [-0.05, 0) is 68.3 Å². The molecule has 1 saturated heterocycles. The Morgan fingerprint density at radius 1 is 1.06 bits per heavy atom. The summed E-state index contributed by atoms with van der Waals surface area (Å²) in [5, 5.41) is 17.9. The van der Waals surface area contributed by atoms with Crippen molar-refractivity contribution in [3.63, 3.8) is 0 Å². The summed E-state index contributed by atoms with van der Waals surface area (Å²) in [4.78, 5) is 11.5. The van der Waals surface area contributed by atoms with Gasteiger partial charge in [0.05, 0.1) is 0 Å². The molecule has 0 radical (unpaired) electrons. The number of rotatable bonds is 8. The van der Waals surface area contributed by atoms with Crippen LogP contribution < -0.4 is 11.1 Å². The standard InChI is InChI=1S/C14H23N3O2S.C7H8.C4H8O.C2H6.CH4O/c1-11(2)10-17(9-3-8-16-14(18)19)20-13-6-4-12(15)5-7-13;1-7-5-3-2-4-6-7;1-2-4-5-3-1;2*1-2/h4-7,11,16H,3,8-10,15H2,1-2H3,(H,18,19);2-6H,1H3;1-4H2;1-2H3;2H,1H3. The molecule has 2 aromatic rings. The van der Waals surface area contributed by atoms with Gasteiger partial charge in [-0.3, -0.25) is 0 Å². The molecule has 0 aromatic heterocycles. The fourth-order valence-corrected chi connectivity index (χ4v) is 3.90. The maximum absolute atomic E-state index is 10.4. The molecule has 5 N–H and O–H groups in total. The van der Waals surface area contributed by atoms with Gasteiger partial charge in [-0.15, -0.1) is 0 Å². The fraction of sp³-hybridized carbons (Fsp3) is 0.536. The Morgan fingerprint density at radius 2 is 1.61 bits per heavy atom. The largest absolute Gasteiger partial charge is 0.465 e. The molecule has 0 aliphatic carbocycles. The summed E-state index contributed by atoms with van der Waals surface area (Å²) >= 11 is 1.69. The number of ether oxygens (including phenoxy) is 1. The quantitative estimate of drug-likeness (QED) is 0.182. The molecule has 0 spiro atoms. The van der Waals surface area contributed by atoms with Crippen LogP contribution in [0, 0.1) is 12.8 Å². The number of anilines is 1. The Labute approximate surface area is 223 Å². The maximum atomic E-state index is 10.4. The first-order chi connectivity index (χ1) is 17.4. The molecule has 36 heavy (non-hydrogen) atoms. The van der Waals surface area contributed by atoms with E-state index in [2.05, 4.69) is 42.5 Å². The molecule has 1 amide bonds. The molecule has 3 rings (SSSR count). The van der Waals surface area contributed by atoms with Crippen molar-refractivity contribution in [1.82, 2.24) is 9.62 Å². The van der Waals surface area contributed by atoms with E-state index >= 15 is 0 Å². The number of benzene rings is 2. The van der Waals surface area contributed by atoms with E-state index in [-0.39, 0.29) is 0 Å². The normalized spacial score (nSPS) is 11.5. The van der Waals surface area contributed by atoms with E-state index in [0.29, 0.717) is 12.5 Å². The summed E-state index contributed by atoms with van der Waals surface area (Å²) in [6.45, 7) is 14.7. The predicted molar refractivity (Wildman–Crippen MR) is 154 cm³/mol. The van der Waals surface area contributed by atoms with E-state index in [1.54, 1.807) is 11.9 Å². The average molecular weight is 524 g/mol. The van der Waals surface area contributed by atoms with E-state index in [9.17, 15) is 4.79 Å². The number of hydrogen-bond donors (Lipinski definition) is 4. The van der Waals surface area contributed by atoms with Gasteiger partial charge in [-0.25, -0.2) is 9.10 Å². The van der Waals surface area contributed by atoms with Crippen LogP contribution in [0.2, 0.25) is 0 Å². The lowest BCUT2D eigenvalue weighted by Crippen LogP contribution is -2.27. The van der Waals surface area contributed by atoms with Crippen LogP contribution >= 0.6 is 11.9 Å². The van der Waals surface area contributed by atoms with Gasteiger partial charge >= 0.3 is 6.09 Å². The van der Waals surface area contributed by atoms with Crippen molar-refractivity contribution >= 4 is 23.7 Å². The highest BCUT2D eigenvalue weighted by molar-refractivity contribution is 7.97. The van der Waals surface area contributed by atoms with Crippen molar-refractivity contribution in [2.24, 2.45) is 5.92 Å². The number of nitrogen functional groups attached to an aromatic ring is 1. The zero-order valence-corrected chi connectivity index (χ0v) is 23.9. The fourth-order valence-electron chi connectivity index (χ4n) is 2.75. The summed E-state index contributed by atoms with van der Waals surface area (Å²) in [5.41, 5.74) is 7.76. The van der Waals surface area contributed by atoms with Crippen LogP contribution in [-0.2, 0) is 4.74 Å².